The number of hydrogen-bond acceptors (Lipinski definition) is 3. The van der Waals surface area contributed by atoms with Gasteiger partial charge in [-0.2, -0.15) is 0 Å². The minimum absolute atomic E-state index is 0.133. The van der Waals surface area contributed by atoms with Crippen molar-refractivity contribution in [3.8, 4) is 11.1 Å². The molecule has 2 atom stereocenters. The summed E-state index contributed by atoms with van der Waals surface area (Å²) in [5, 5.41) is 9.13. The standard InChI is InChI=1S/C20H20N2O3/c1-2-22(19(23)17-6-7-18(17)20(24)25)13-14-4-3-5-16(12-14)15-8-10-21-11-9-15/h3-12,17-18H,2,13H2,1H3,(H,24,25)/t17-,18+/m1/s1. The fourth-order valence-electron chi connectivity index (χ4n) is 2.98. The van der Waals surface area contributed by atoms with Crippen LogP contribution >= 0.6 is 0 Å². The molecule has 0 radical (unpaired) electrons. The van der Waals surface area contributed by atoms with Crippen molar-refractivity contribution in [2.45, 2.75) is 13.5 Å². The SMILES string of the molecule is CCN(Cc1cccc(-c2ccncc2)c1)C(=O)[C@@H]1C=C[C@@H]1C(=O)O. The minimum Gasteiger partial charge on any atom is -0.481 e. The normalized spacial score (nSPS) is 18.4. The molecule has 1 aromatic carbocycles. The van der Waals surface area contributed by atoms with Crippen molar-refractivity contribution in [1.82, 2.24) is 9.88 Å². The Bertz CT molecular complexity index is 802. The molecule has 1 aromatic heterocycles. The Morgan fingerprint density at radius 3 is 2.40 bits per heavy atom. The maximum atomic E-state index is 12.6. The molecule has 1 N–H and O–H groups in total. The van der Waals surface area contributed by atoms with E-state index in [1.165, 1.54) is 0 Å². The second kappa shape index (κ2) is 7.30. The molecule has 0 bridgehead atoms. The van der Waals surface area contributed by atoms with Gasteiger partial charge in [-0.05, 0) is 41.8 Å². The molecule has 1 aliphatic carbocycles. The zero-order valence-corrected chi connectivity index (χ0v) is 14.0. The smallest absolute Gasteiger partial charge is 0.311 e. The molecule has 0 saturated heterocycles. The Morgan fingerprint density at radius 2 is 1.80 bits per heavy atom. The first-order valence-corrected chi connectivity index (χ1v) is 8.29. The van der Waals surface area contributed by atoms with Crippen molar-refractivity contribution in [3.63, 3.8) is 0 Å². The molecule has 1 aliphatic rings. The maximum Gasteiger partial charge on any atom is 0.311 e. The molecule has 2 aromatic rings. The molecule has 128 valence electrons. The first kappa shape index (κ1) is 16.9. The van der Waals surface area contributed by atoms with E-state index in [-0.39, 0.29) is 5.91 Å². The van der Waals surface area contributed by atoms with Crippen LogP contribution in [-0.4, -0.2) is 33.4 Å². The molecule has 0 aliphatic heterocycles. The lowest BCUT2D eigenvalue weighted by Gasteiger charge is -2.31. The zero-order valence-electron chi connectivity index (χ0n) is 14.0. The van der Waals surface area contributed by atoms with Crippen LogP contribution < -0.4 is 0 Å². The third-order valence-corrected chi connectivity index (χ3v) is 4.49. The van der Waals surface area contributed by atoms with E-state index < -0.39 is 17.8 Å². The van der Waals surface area contributed by atoms with Crippen LogP contribution in [0.4, 0.5) is 0 Å². The van der Waals surface area contributed by atoms with E-state index in [1.54, 1.807) is 29.4 Å². The number of carbonyl (C=O) groups is 2. The highest BCUT2D eigenvalue weighted by molar-refractivity contribution is 5.89. The Hall–Kier alpha value is -2.95. The summed E-state index contributed by atoms with van der Waals surface area (Å²) in [6.07, 6.45) is 6.75. The molecule has 5 nitrogen and oxygen atoms in total. The van der Waals surface area contributed by atoms with Crippen molar-refractivity contribution in [3.05, 3.63) is 66.5 Å². The predicted octanol–water partition coefficient (Wildman–Crippen LogP) is 2.98. The van der Waals surface area contributed by atoms with Crippen molar-refractivity contribution in [2.24, 2.45) is 11.8 Å². The number of amides is 1. The van der Waals surface area contributed by atoms with E-state index in [1.807, 2.05) is 37.3 Å². The fraction of sp³-hybridized carbons (Fsp3) is 0.250. The summed E-state index contributed by atoms with van der Waals surface area (Å²) in [4.78, 5) is 29.5. The number of carboxylic acids is 1. The van der Waals surface area contributed by atoms with Crippen LogP contribution in [0.5, 0.6) is 0 Å². The number of hydrogen-bond donors (Lipinski definition) is 1. The molecule has 3 rings (SSSR count). The van der Waals surface area contributed by atoms with E-state index in [4.69, 9.17) is 5.11 Å². The van der Waals surface area contributed by atoms with Crippen molar-refractivity contribution >= 4 is 11.9 Å². The number of aromatic nitrogens is 1. The summed E-state index contributed by atoms with van der Waals surface area (Å²) in [7, 11) is 0. The Labute approximate surface area is 146 Å². The van der Waals surface area contributed by atoms with E-state index >= 15 is 0 Å². The first-order chi connectivity index (χ1) is 12.1. The van der Waals surface area contributed by atoms with Gasteiger partial charge in [-0.3, -0.25) is 14.6 Å². The van der Waals surface area contributed by atoms with Crippen LogP contribution in [0.25, 0.3) is 11.1 Å². The van der Waals surface area contributed by atoms with Crippen molar-refractivity contribution in [1.29, 1.82) is 0 Å². The van der Waals surface area contributed by atoms with E-state index in [9.17, 15) is 9.59 Å². The highest BCUT2D eigenvalue weighted by Gasteiger charge is 2.37. The van der Waals surface area contributed by atoms with Gasteiger partial charge in [-0.15, -0.1) is 0 Å². The van der Waals surface area contributed by atoms with Crippen LogP contribution in [-0.2, 0) is 16.1 Å². The molecular weight excluding hydrogens is 316 g/mol. The molecule has 5 heteroatoms. The van der Waals surface area contributed by atoms with Gasteiger partial charge in [0.15, 0.2) is 0 Å². The molecule has 1 heterocycles. The van der Waals surface area contributed by atoms with Crippen LogP contribution in [0, 0.1) is 11.8 Å². The molecule has 0 unspecified atom stereocenters. The molecule has 0 saturated carbocycles. The summed E-state index contributed by atoms with van der Waals surface area (Å²) in [5.74, 6) is -2.34. The number of carbonyl (C=O) groups excluding carboxylic acids is 1. The molecule has 25 heavy (non-hydrogen) atoms. The van der Waals surface area contributed by atoms with Crippen LogP contribution in [0.1, 0.15) is 12.5 Å². The molecular formula is C20H20N2O3. The van der Waals surface area contributed by atoms with Crippen LogP contribution in [0.2, 0.25) is 0 Å². The quantitative estimate of drug-likeness (QED) is 0.823. The Kier molecular flexibility index (Phi) is 4.93. The number of rotatable bonds is 6. The van der Waals surface area contributed by atoms with E-state index in [2.05, 4.69) is 11.1 Å². The van der Waals surface area contributed by atoms with Crippen molar-refractivity contribution in [2.75, 3.05) is 6.54 Å². The number of aliphatic carboxylic acids is 1. The third-order valence-electron chi connectivity index (χ3n) is 4.49. The van der Waals surface area contributed by atoms with Crippen molar-refractivity contribution < 1.29 is 14.7 Å². The van der Waals surface area contributed by atoms with E-state index in [0.29, 0.717) is 13.1 Å². The molecule has 1 amide bonds. The Morgan fingerprint density at radius 1 is 1.08 bits per heavy atom. The van der Waals surface area contributed by atoms with Crippen LogP contribution in [0.3, 0.4) is 0 Å². The zero-order chi connectivity index (χ0) is 17.8. The average molecular weight is 336 g/mol. The number of pyridine rings is 1. The predicted molar refractivity (Wildman–Crippen MR) is 94.5 cm³/mol. The Balaban J connectivity index is 1.75. The van der Waals surface area contributed by atoms with Gasteiger partial charge >= 0.3 is 5.97 Å². The average Bonchev–Trinajstić information content (AvgIpc) is 2.59. The number of benzene rings is 1. The summed E-state index contributed by atoms with van der Waals surface area (Å²) >= 11 is 0. The highest BCUT2D eigenvalue weighted by atomic mass is 16.4. The molecule has 0 fully saturated rings. The second-order valence-corrected chi connectivity index (χ2v) is 6.06. The lowest BCUT2D eigenvalue weighted by Crippen LogP contribution is -2.42. The maximum absolute atomic E-state index is 12.6. The first-order valence-electron chi connectivity index (χ1n) is 8.29. The van der Waals surface area contributed by atoms with Crippen LogP contribution in [0.15, 0.2) is 60.9 Å². The fourth-order valence-corrected chi connectivity index (χ4v) is 2.98. The summed E-state index contributed by atoms with van der Waals surface area (Å²) in [6, 6.07) is 11.9. The van der Waals surface area contributed by atoms with Gasteiger partial charge in [-0.25, -0.2) is 0 Å². The third kappa shape index (κ3) is 3.60. The summed E-state index contributed by atoms with van der Waals surface area (Å²) in [5.41, 5.74) is 3.15. The summed E-state index contributed by atoms with van der Waals surface area (Å²) in [6.45, 7) is 2.91. The lowest BCUT2D eigenvalue weighted by atomic mass is 9.81. The molecule has 0 spiro atoms. The van der Waals surface area contributed by atoms with E-state index in [0.717, 1.165) is 16.7 Å². The van der Waals surface area contributed by atoms with Gasteiger partial charge in [0.25, 0.3) is 0 Å². The monoisotopic (exact) mass is 336 g/mol. The van der Waals surface area contributed by atoms with Gasteiger partial charge in [0.2, 0.25) is 5.91 Å². The minimum atomic E-state index is -0.948. The van der Waals surface area contributed by atoms with Gasteiger partial charge in [0.1, 0.15) is 0 Å². The topological polar surface area (TPSA) is 70.5 Å². The number of nitrogens with zero attached hydrogens (tertiary/aromatic N) is 2. The lowest BCUT2D eigenvalue weighted by molar-refractivity contribution is -0.148. The summed E-state index contributed by atoms with van der Waals surface area (Å²) < 4.78 is 0. The van der Waals surface area contributed by atoms with Gasteiger partial charge in [0, 0.05) is 25.5 Å². The highest BCUT2D eigenvalue weighted by Crippen LogP contribution is 2.28. The van der Waals surface area contributed by atoms with Gasteiger partial charge in [-0.1, -0.05) is 30.4 Å². The van der Waals surface area contributed by atoms with Gasteiger partial charge in [0.05, 0.1) is 11.8 Å². The number of carboxylic acid groups (broad SMARTS) is 1. The largest absolute Gasteiger partial charge is 0.481 e. The van der Waals surface area contributed by atoms with Gasteiger partial charge < -0.3 is 10.0 Å². The second-order valence-electron chi connectivity index (χ2n) is 6.06.